The summed E-state index contributed by atoms with van der Waals surface area (Å²) in [6.07, 6.45) is 4.35. The summed E-state index contributed by atoms with van der Waals surface area (Å²) in [5.74, 6) is 1.57. The number of fused-ring (bicyclic) bond motifs is 1. The van der Waals surface area contributed by atoms with E-state index in [-0.39, 0.29) is 0 Å². The van der Waals surface area contributed by atoms with Crippen LogP contribution in [0.2, 0.25) is 0 Å². The van der Waals surface area contributed by atoms with Crippen molar-refractivity contribution in [2.45, 2.75) is 37.8 Å². The maximum atomic E-state index is 5.99. The van der Waals surface area contributed by atoms with Gasteiger partial charge in [-0.25, -0.2) is 0 Å². The van der Waals surface area contributed by atoms with Crippen molar-refractivity contribution in [3.05, 3.63) is 48.5 Å². The van der Waals surface area contributed by atoms with E-state index in [9.17, 15) is 0 Å². The van der Waals surface area contributed by atoms with Crippen LogP contribution < -0.4 is 16.4 Å². The normalized spacial score (nSPS) is 20.9. The summed E-state index contributed by atoms with van der Waals surface area (Å²) in [6.45, 7) is 0. The van der Waals surface area contributed by atoms with Crippen LogP contribution in [0.15, 0.2) is 48.5 Å². The van der Waals surface area contributed by atoms with E-state index < -0.39 is 0 Å². The molecule has 1 aliphatic carbocycles. The smallest absolute Gasteiger partial charge is 0.247 e. The van der Waals surface area contributed by atoms with Crippen LogP contribution in [0.3, 0.4) is 0 Å². The summed E-state index contributed by atoms with van der Waals surface area (Å²) in [7, 11) is 0. The third-order valence-electron chi connectivity index (χ3n) is 4.51. The topological polar surface area (TPSA) is 80.3 Å². The molecule has 6 heteroatoms. The van der Waals surface area contributed by atoms with Gasteiger partial charge in [-0.05, 0) is 49.9 Å². The Kier molecular flexibility index (Phi) is 4.04. The Morgan fingerprint density at radius 2 is 1.75 bits per heavy atom. The molecule has 0 unspecified atom stereocenters. The minimum atomic E-state index is 0.354. The maximum absolute atomic E-state index is 5.99. The molecule has 0 saturated heterocycles. The molecule has 4 N–H and O–H groups in total. The molecule has 1 aromatic carbocycles. The predicted octanol–water partition coefficient (Wildman–Crippen LogP) is 3.15. The van der Waals surface area contributed by atoms with Gasteiger partial charge in [0.05, 0.1) is 0 Å². The second-order valence-corrected chi connectivity index (χ2v) is 6.36. The van der Waals surface area contributed by atoms with E-state index >= 15 is 0 Å². The molecule has 124 valence electrons. The van der Waals surface area contributed by atoms with E-state index in [4.69, 9.17) is 5.73 Å². The van der Waals surface area contributed by atoms with Gasteiger partial charge in [-0.3, -0.25) is 0 Å². The van der Waals surface area contributed by atoms with Gasteiger partial charge in [0.25, 0.3) is 0 Å². The lowest BCUT2D eigenvalue weighted by Crippen LogP contribution is -2.33. The third-order valence-corrected chi connectivity index (χ3v) is 4.51. The van der Waals surface area contributed by atoms with Crippen LogP contribution >= 0.6 is 0 Å². The minimum Gasteiger partial charge on any atom is -0.367 e. The molecular weight excluding hydrogens is 300 g/mol. The van der Waals surface area contributed by atoms with E-state index in [2.05, 4.69) is 20.7 Å². The molecule has 3 aromatic rings. The maximum Gasteiger partial charge on any atom is 0.247 e. The fourth-order valence-corrected chi connectivity index (χ4v) is 3.19. The van der Waals surface area contributed by atoms with Crippen molar-refractivity contribution in [1.82, 2.24) is 14.6 Å². The lowest BCUT2D eigenvalue weighted by Gasteiger charge is -2.27. The largest absolute Gasteiger partial charge is 0.367 e. The number of aromatic nitrogens is 3. The Morgan fingerprint density at radius 1 is 0.958 bits per heavy atom. The molecule has 1 saturated carbocycles. The van der Waals surface area contributed by atoms with Crippen LogP contribution in [0.1, 0.15) is 25.7 Å². The molecule has 2 aromatic heterocycles. The standard InChI is InChI=1S/C18H22N6/c19-13-9-11-15(12-10-13)20-16-7-4-8-17-22-18(23-24(16)17)21-14-5-2-1-3-6-14/h1-8,13,15,20H,9-12,19H2,(H,21,23)/t13-,15+. The Hall–Kier alpha value is -2.60. The number of benzene rings is 1. The van der Waals surface area contributed by atoms with Gasteiger partial charge in [-0.1, -0.05) is 24.3 Å². The lowest BCUT2D eigenvalue weighted by atomic mass is 9.92. The number of para-hydroxylation sites is 1. The zero-order valence-corrected chi connectivity index (χ0v) is 13.5. The van der Waals surface area contributed by atoms with Gasteiger partial charge in [0.15, 0.2) is 5.65 Å². The molecule has 1 aliphatic rings. The van der Waals surface area contributed by atoms with Crippen molar-refractivity contribution >= 4 is 23.1 Å². The molecule has 0 amide bonds. The number of nitrogens with two attached hydrogens (primary N) is 1. The first-order valence-electron chi connectivity index (χ1n) is 8.48. The fourth-order valence-electron chi connectivity index (χ4n) is 3.19. The molecular formula is C18H22N6. The Morgan fingerprint density at radius 3 is 2.54 bits per heavy atom. The molecule has 1 fully saturated rings. The Bertz CT molecular complexity index is 805. The van der Waals surface area contributed by atoms with E-state index in [0.717, 1.165) is 42.8 Å². The van der Waals surface area contributed by atoms with Crippen LogP contribution in [0.4, 0.5) is 17.5 Å². The molecule has 0 radical (unpaired) electrons. The number of hydrogen-bond donors (Lipinski definition) is 3. The molecule has 4 rings (SSSR count). The summed E-state index contributed by atoms with van der Waals surface area (Å²) in [6, 6.07) is 16.8. The lowest BCUT2D eigenvalue weighted by molar-refractivity contribution is 0.410. The zero-order chi connectivity index (χ0) is 16.4. The third kappa shape index (κ3) is 3.19. The molecule has 0 spiro atoms. The van der Waals surface area contributed by atoms with Gasteiger partial charge in [0.1, 0.15) is 5.82 Å². The van der Waals surface area contributed by atoms with E-state index in [1.54, 1.807) is 0 Å². The van der Waals surface area contributed by atoms with Gasteiger partial charge >= 0.3 is 0 Å². The average molecular weight is 322 g/mol. The molecule has 0 atom stereocenters. The van der Waals surface area contributed by atoms with Crippen LogP contribution in [-0.2, 0) is 0 Å². The molecule has 0 bridgehead atoms. The van der Waals surface area contributed by atoms with Crippen molar-refractivity contribution in [3.63, 3.8) is 0 Å². The molecule has 2 heterocycles. The average Bonchev–Trinajstić information content (AvgIpc) is 3.01. The van der Waals surface area contributed by atoms with Gasteiger partial charge in [0, 0.05) is 17.8 Å². The van der Waals surface area contributed by atoms with E-state index in [1.807, 2.05) is 53.0 Å². The quantitative estimate of drug-likeness (QED) is 0.687. The van der Waals surface area contributed by atoms with Crippen molar-refractivity contribution in [2.75, 3.05) is 10.6 Å². The summed E-state index contributed by atoms with van der Waals surface area (Å²) < 4.78 is 1.86. The molecule has 6 nitrogen and oxygen atoms in total. The zero-order valence-electron chi connectivity index (χ0n) is 13.5. The highest BCUT2D eigenvalue weighted by molar-refractivity contribution is 5.57. The summed E-state index contributed by atoms with van der Waals surface area (Å²) in [5, 5.41) is 11.4. The summed E-state index contributed by atoms with van der Waals surface area (Å²) in [5.41, 5.74) is 7.79. The predicted molar refractivity (Wildman–Crippen MR) is 96.6 cm³/mol. The monoisotopic (exact) mass is 322 g/mol. The first-order chi connectivity index (χ1) is 11.8. The van der Waals surface area contributed by atoms with Crippen molar-refractivity contribution in [2.24, 2.45) is 5.73 Å². The van der Waals surface area contributed by atoms with Crippen LogP contribution in [-0.4, -0.2) is 26.7 Å². The van der Waals surface area contributed by atoms with Crippen LogP contribution in [0.25, 0.3) is 5.65 Å². The highest BCUT2D eigenvalue weighted by Gasteiger charge is 2.19. The number of nitrogens with zero attached hydrogens (tertiary/aromatic N) is 3. The van der Waals surface area contributed by atoms with E-state index in [1.165, 1.54) is 0 Å². The highest BCUT2D eigenvalue weighted by Crippen LogP contribution is 2.22. The molecule has 0 aliphatic heterocycles. The van der Waals surface area contributed by atoms with Gasteiger partial charge in [0.2, 0.25) is 5.95 Å². The SMILES string of the molecule is N[C@H]1CC[C@@H](Nc2cccc3nc(Nc4ccccc4)nn23)CC1. The number of hydrogen-bond acceptors (Lipinski definition) is 5. The van der Waals surface area contributed by atoms with Gasteiger partial charge in [-0.15, -0.1) is 5.10 Å². The van der Waals surface area contributed by atoms with Crippen molar-refractivity contribution in [3.8, 4) is 0 Å². The summed E-state index contributed by atoms with van der Waals surface area (Å²) in [4.78, 5) is 4.55. The molecule has 24 heavy (non-hydrogen) atoms. The number of rotatable bonds is 4. The Balaban J connectivity index is 1.56. The number of pyridine rings is 1. The summed E-state index contributed by atoms with van der Waals surface area (Å²) >= 11 is 0. The van der Waals surface area contributed by atoms with Gasteiger partial charge < -0.3 is 16.4 Å². The van der Waals surface area contributed by atoms with Crippen LogP contribution in [0.5, 0.6) is 0 Å². The first-order valence-corrected chi connectivity index (χ1v) is 8.48. The number of anilines is 3. The van der Waals surface area contributed by atoms with Crippen molar-refractivity contribution in [1.29, 1.82) is 0 Å². The first kappa shape index (κ1) is 15.0. The minimum absolute atomic E-state index is 0.354. The number of nitrogens with one attached hydrogen (secondary N) is 2. The fraction of sp³-hybridized carbons (Fsp3) is 0.333. The Labute approximate surface area is 141 Å². The van der Waals surface area contributed by atoms with E-state index in [0.29, 0.717) is 18.0 Å². The van der Waals surface area contributed by atoms with Crippen LogP contribution in [0, 0.1) is 0 Å². The highest BCUT2D eigenvalue weighted by atomic mass is 15.4. The second kappa shape index (κ2) is 6.49. The second-order valence-electron chi connectivity index (χ2n) is 6.36. The van der Waals surface area contributed by atoms with Crippen molar-refractivity contribution < 1.29 is 0 Å². The van der Waals surface area contributed by atoms with Gasteiger partial charge in [-0.2, -0.15) is 9.50 Å².